The van der Waals surface area contributed by atoms with Crippen molar-refractivity contribution in [3.63, 3.8) is 0 Å². The van der Waals surface area contributed by atoms with Gasteiger partial charge in [0.2, 0.25) is 0 Å². The van der Waals surface area contributed by atoms with Gasteiger partial charge >= 0.3 is 0 Å². The number of nitrogens with one attached hydrogen (secondary N) is 3. The highest BCUT2D eigenvalue weighted by Crippen LogP contribution is 2.37. The lowest BCUT2D eigenvalue weighted by atomic mass is 9.89. The van der Waals surface area contributed by atoms with E-state index in [-0.39, 0.29) is 35.1 Å². The number of carbonyl (C=O) groups is 1. The molecule has 0 aromatic carbocycles. The molecule has 1 aromatic heterocycles. The molecule has 0 spiro atoms. The van der Waals surface area contributed by atoms with Crippen molar-refractivity contribution in [3.05, 3.63) is 52.0 Å². The zero-order chi connectivity index (χ0) is 23.7. The maximum atomic E-state index is 13.5. The number of alkyl halides is 1. The number of hydrogen-bond donors (Lipinski definition) is 3. The molecule has 0 saturated heterocycles. The number of aliphatic imine (C=N–C) groups is 1. The minimum Gasteiger partial charge on any atom is -0.379 e. The number of ether oxygens (including phenoxy) is 1. The summed E-state index contributed by atoms with van der Waals surface area (Å²) in [4.78, 5) is 30.2. The molecule has 4 atom stereocenters. The lowest BCUT2D eigenvalue weighted by Gasteiger charge is -2.36. The van der Waals surface area contributed by atoms with Crippen molar-refractivity contribution in [2.75, 3.05) is 19.5 Å². The number of halogens is 1. The second-order valence-corrected chi connectivity index (χ2v) is 8.19. The van der Waals surface area contributed by atoms with Gasteiger partial charge in [0.05, 0.1) is 23.8 Å². The Morgan fingerprint density at radius 1 is 1.39 bits per heavy atom. The normalized spacial score (nSPS) is 27.6. The zero-order valence-electron chi connectivity index (χ0n) is 18.8. The number of rotatable bonds is 7. The Kier molecular flexibility index (Phi) is 6.32. The molecule has 10 nitrogen and oxygen atoms in total. The summed E-state index contributed by atoms with van der Waals surface area (Å²) in [6, 6.07) is 2.79. The lowest BCUT2D eigenvalue weighted by molar-refractivity contribution is -0.120. The molecule has 176 valence electrons. The van der Waals surface area contributed by atoms with Gasteiger partial charge in [0.1, 0.15) is 23.5 Å². The van der Waals surface area contributed by atoms with Gasteiger partial charge in [-0.25, -0.2) is 9.38 Å². The summed E-state index contributed by atoms with van der Waals surface area (Å²) in [5, 5.41) is 14.4. The van der Waals surface area contributed by atoms with Crippen molar-refractivity contribution in [1.82, 2.24) is 20.2 Å². The van der Waals surface area contributed by atoms with Crippen molar-refractivity contribution in [2.24, 2.45) is 10.1 Å². The van der Waals surface area contributed by atoms with Crippen LogP contribution < -0.4 is 21.5 Å². The zero-order valence-corrected chi connectivity index (χ0v) is 18.8. The van der Waals surface area contributed by atoms with Crippen molar-refractivity contribution >= 4 is 24.1 Å². The number of pyridine rings is 1. The summed E-state index contributed by atoms with van der Waals surface area (Å²) in [7, 11) is 3.32. The molecule has 0 bridgehead atoms. The van der Waals surface area contributed by atoms with E-state index in [2.05, 4.69) is 32.8 Å². The highest BCUT2D eigenvalue weighted by molar-refractivity contribution is 6.06. The van der Waals surface area contributed by atoms with Crippen LogP contribution in [0.5, 0.6) is 0 Å². The first-order valence-electron chi connectivity index (χ1n) is 10.8. The smallest absolute Gasteiger partial charge is 0.274 e. The fraction of sp³-hybridized carbons (Fsp3) is 0.455. The van der Waals surface area contributed by atoms with Crippen LogP contribution in [0, 0.1) is 0 Å². The van der Waals surface area contributed by atoms with Crippen LogP contribution >= 0.6 is 0 Å². The number of carbonyl (C=O) groups excluding carboxylic acids is 1. The van der Waals surface area contributed by atoms with E-state index in [4.69, 9.17) is 4.74 Å². The molecule has 0 unspecified atom stereocenters. The van der Waals surface area contributed by atoms with E-state index < -0.39 is 12.2 Å². The summed E-state index contributed by atoms with van der Waals surface area (Å²) in [6.07, 6.45) is 4.28. The lowest BCUT2D eigenvalue weighted by Crippen LogP contribution is -2.51. The fourth-order valence-electron chi connectivity index (χ4n) is 3.87. The number of amidine groups is 1. The van der Waals surface area contributed by atoms with E-state index in [0.29, 0.717) is 23.7 Å². The molecule has 1 aliphatic heterocycles. The molecule has 2 heterocycles. The Morgan fingerprint density at radius 2 is 2.15 bits per heavy atom. The minimum atomic E-state index is -1.00. The monoisotopic (exact) mass is 457 g/mol. The summed E-state index contributed by atoms with van der Waals surface area (Å²) in [6.45, 7) is 5.23. The predicted molar refractivity (Wildman–Crippen MR) is 124 cm³/mol. The molecule has 33 heavy (non-hydrogen) atoms. The number of amides is 1. The number of hydrogen-bond acceptors (Lipinski definition) is 8. The molecule has 3 N–H and O–H groups in total. The SMILES string of the molecule is C=NN1C(NC)=CC(Nc2cccn([C@@H]3C[C@H]3F)c2=O)=N/C1=C(/C)C(=O)N[C@@H]1CC[C@H]1OC. The summed E-state index contributed by atoms with van der Waals surface area (Å²) in [5.74, 6) is 0.788. The quantitative estimate of drug-likeness (QED) is 0.422. The van der Waals surface area contributed by atoms with Gasteiger partial charge in [-0.05, 0) is 31.9 Å². The molecule has 4 rings (SSSR count). The Hall–Kier alpha value is -3.47. The van der Waals surface area contributed by atoms with Crippen LogP contribution in [0.3, 0.4) is 0 Å². The van der Waals surface area contributed by atoms with Gasteiger partial charge in [0.15, 0.2) is 5.82 Å². The Balaban J connectivity index is 1.63. The van der Waals surface area contributed by atoms with Crippen LogP contribution in [0.2, 0.25) is 0 Å². The van der Waals surface area contributed by atoms with Crippen molar-refractivity contribution in [1.29, 1.82) is 0 Å². The van der Waals surface area contributed by atoms with Gasteiger partial charge in [0.25, 0.3) is 11.5 Å². The van der Waals surface area contributed by atoms with Gasteiger partial charge in [-0.15, -0.1) is 0 Å². The fourth-order valence-corrected chi connectivity index (χ4v) is 3.87. The molecule has 1 amide bonds. The minimum absolute atomic E-state index is 0.00382. The second-order valence-electron chi connectivity index (χ2n) is 8.19. The highest BCUT2D eigenvalue weighted by atomic mass is 19.1. The first-order valence-corrected chi connectivity index (χ1v) is 10.8. The largest absolute Gasteiger partial charge is 0.379 e. The number of anilines is 1. The van der Waals surface area contributed by atoms with Crippen LogP contribution in [0.1, 0.15) is 32.2 Å². The van der Waals surface area contributed by atoms with Gasteiger partial charge in [-0.3, -0.25) is 9.59 Å². The third kappa shape index (κ3) is 4.40. The second kappa shape index (κ2) is 9.18. The molecule has 11 heteroatoms. The molecule has 2 fully saturated rings. The van der Waals surface area contributed by atoms with E-state index in [9.17, 15) is 14.0 Å². The van der Waals surface area contributed by atoms with Crippen LogP contribution in [0.25, 0.3) is 0 Å². The Morgan fingerprint density at radius 3 is 2.73 bits per heavy atom. The number of aromatic nitrogens is 1. The average Bonchev–Trinajstić information content (AvgIpc) is 3.53. The van der Waals surface area contributed by atoms with E-state index in [1.54, 1.807) is 45.5 Å². The topological polar surface area (TPSA) is 112 Å². The van der Waals surface area contributed by atoms with Crippen LogP contribution in [0.15, 0.2) is 56.5 Å². The van der Waals surface area contributed by atoms with Gasteiger partial charge in [0, 0.05) is 39.6 Å². The van der Waals surface area contributed by atoms with Crippen LogP contribution in [-0.4, -0.2) is 60.5 Å². The Bertz CT molecular complexity index is 1110. The average molecular weight is 458 g/mol. The first kappa shape index (κ1) is 22.7. The molecule has 1 aromatic rings. The third-order valence-electron chi connectivity index (χ3n) is 6.11. The molecule has 3 aliphatic rings. The van der Waals surface area contributed by atoms with E-state index in [1.165, 1.54) is 9.58 Å². The number of hydrazone groups is 1. The van der Waals surface area contributed by atoms with Crippen LogP contribution in [-0.2, 0) is 9.53 Å². The van der Waals surface area contributed by atoms with Crippen molar-refractivity contribution in [2.45, 2.75) is 50.5 Å². The number of methoxy groups -OCH3 is 1. The standard InChI is InChI=1S/C22H28FN7O3/c1-12(21(31)27-14-7-8-17(14)33-4)20-28-18(11-19(24-2)30(20)25-3)26-15-6-5-9-29(22(15)32)16-10-13(16)23/h5-6,9,11,13-14,16-17,24H,3,7-8,10H2,1-2,4H3,(H,26,28)(H,27,31)/b20-12+/t13-,14-,16-,17-/m1/s1. The van der Waals surface area contributed by atoms with E-state index in [0.717, 1.165) is 12.8 Å². The van der Waals surface area contributed by atoms with E-state index in [1.807, 2.05) is 0 Å². The van der Waals surface area contributed by atoms with Gasteiger partial charge in [-0.1, -0.05) is 0 Å². The van der Waals surface area contributed by atoms with Crippen molar-refractivity contribution in [3.8, 4) is 0 Å². The maximum absolute atomic E-state index is 13.5. The third-order valence-corrected chi connectivity index (χ3v) is 6.11. The van der Waals surface area contributed by atoms with Crippen molar-refractivity contribution < 1.29 is 13.9 Å². The first-order chi connectivity index (χ1) is 15.9. The summed E-state index contributed by atoms with van der Waals surface area (Å²) >= 11 is 0. The molecule has 2 saturated carbocycles. The summed E-state index contributed by atoms with van der Waals surface area (Å²) < 4.78 is 20.2. The molecular formula is C22H28FN7O3. The predicted octanol–water partition coefficient (Wildman–Crippen LogP) is 1.46. The Labute approximate surface area is 190 Å². The van der Waals surface area contributed by atoms with Gasteiger partial charge in [-0.2, -0.15) is 10.1 Å². The number of nitrogens with zero attached hydrogens (tertiary/aromatic N) is 4. The van der Waals surface area contributed by atoms with Crippen LogP contribution in [0.4, 0.5) is 10.1 Å². The summed E-state index contributed by atoms with van der Waals surface area (Å²) in [5.41, 5.74) is 0.235. The molecular weight excluding hydrogens is 429 g/mol. The maximum Gasteiger partial charge on any atom is 0.274 e. The van der Waals surface area contributed by atoms with Gasteiger partial charge < -0.3 is 25.3 Å². The molecule has 0 radical (unpaired) electrons. The molecule has 2 aliphatic carbocycles. The highest BCUT2D eigenvalue weighted by Gasteiger charge is 2.40. The van der Waals surface area contributed by atoms with E-state index >= 15 is 0 Å².